The molecule has 4 rings (SSSR count). The number of amides is 1. The summed E-state index contributed by atoms with van der Waals surface area (Å²) in [4.78, 5) is 22.2. The summed E-state index contributed by atoms with van der Waals surface area (Å²) in [6, 6.07) is 7.98. The van der Waals surface area contributed by atoms with E-state index in [4.69, 9.17) is 27.6 Å². The van der Waals surface area contributed by atoms with Crippen molar-refractivity contribution in [1.29, 1.82) is 0 Å². The molecule has 2 aromatic carbocycles. The van der Waals surface area contributed by atoms with Crippen LogP contribution in [-0.2, 0) is 23.9 Å². The van der Waals surface area contributed by atoms with Gasteiger partial charge in [-0.05, 0) is 42.0 Å². The molecule has 0 aliphatic rings. The smallest absolute Gasteiger partial charge is 0.416 e. The average Bonchev–Trinajstić information content (AvgIpc) is 3.28. The predicted molar refractivity (Wildman–Crippen MR) is 118 cm³/mol. The van der Waals surface area contributed by atoms with Gasteiger partial charge < -0.3 is 9.32 Å². The first-order valence-electron chi connectivity index (χ1n) is 9.82. The number of alkyl halides is 3. The lowest BCUT2D eigenvalue weighted by atomic mass is 10.0. The summed E-state index contributed by atoms with van der Waals surface area (Å²) in [5.41, 5.74) is -1.10. The fourth-order valence-electron chi connectivity index (χ4n) is 3.14. The number of nitrogens with zero attached hydrogens (tertiary/aromatic N) is 5. The van der Waals surface area contributed by atoms with E-state index in [1.807, 2.05) is 0 Å². The summed E-state index contributed by atoms with van der Waals surface area (Å²) in [6.45, 7) is -0.306. The van der Waals surface area contributed by atoms with Crippen LogP contribution >= 0.6 is 23.2 Å². The number of halogens is 6. The minimum atomic E-state index is -4.72. The van der Waals surface area contributed by atoms with Crippen molar-refractivity contribution in [2.45, 2.75) is 19.1 Å². The molecule has 0 unspecified atom stereocenters. The van der Waals surface area contributed by atoms with Gasteiger partial charge in [-0.2, -0.15) is 13.2 Å². The van der Waals surface area contributed by atoms with Gasteiger partial charge in [-0.15, -0.1) is 10.2 Å². The third-order valence-electron chi connectivity index (χ3n) is 4.73. The highest BCUT2D eigenvalue weighted by Crippen LogP contribution is 2.34. The SMILES string of the molecule is O=C(Cc1ccc(Cl)cc1C(F)(F)F)N(Cc1nnc(-c2ncc(Cl)cn2)o1)c1ccc(F)cc1. The molecule has 1 amide bonds. The maximum absolute atomic E-state index is 13.5. The molecule has 0 radical (unpaired) electrons. The second kappa shape index (κ2) is 9.96. The first-order valence-corrected chi connectivity index (χ1v) is 10.6. The molecule has 0 atom stereocenters. The Morgan fingerprint density at radius 1 is 0.971 bits per heavy atom. The number of benzene rings is 2. The maximum atomic E-state index is 13.5. The Labute approximate surface area is 205 Å². The molecule has 0 aliphatic heterocycles. The van der Waals surface area contributed by atoms with E-state index in [1.54, 1.807) is 0 Å². The van der Waals surface area contributed by atoms with Crippen molar-refractivity contribution in [3.8, 4) is 11.7 Å². The summed E-state index contributed by atoms with van der Waals surface area (Å²) in [5.74, 6) is -1.31. The normalized spacial score (nSPS) is 11.5. The molecule has 0 saturated heterocycles. The lowest BCUT2D eigenvalue weighted by Crippen LogP contribution is -2.32. The summed E-state index contributed by atoms with van der Waals surface area (Å²) < 4.78 is 59.5. The number of carbonyl (C=O) groups is 1. The Hall–Kier alpha value is -3.57. The summed E-state index contributed by atoms with van der Waals surface area (Å²) in [5, 5.41) is 7.87. The van der Waals surface area contributed by atoms with Crippen molar-refractivity contribution in [2.75, 3.05) is 4.90 Å². The lowest BCUT2D eigenvalue weighted by Gasteiger charge is -2.22. The number of hydrogen-bond acceptors (Lipinski definition) is 6. The van der Waals surface area contributed by atoms with Crippen molar-refractivity contribution in [2.24, 2.45) is 0 Å². The quantitative estimate of drug-likeness (QED) is 0.297. The van der Waals surface area contributed by atoms with Gasteiger partial charge >= 0.3 is 6.18 Å². The van der Waals surface area contributed by atoms with Crippen molar-refractivity contribution in [1.82, 2.24) is 20.2 Å². The Balaban J connectivity index is 1.64. The number of rotatable bonds is 6. The van der Waals surface area contributed by atoms with Gasteiger partial charge in [0.2, 0.25) is 17.6 Å². The zero-order chi connectivity index (χ0) is 25.2. The van der Waals surface area contributed by atoms with E-state index >= 15 is 0 Å². The molecular weight excluding hydrogens is 513 g/mol. The van der Waals surface area contributed by atoms with Crippen LogP contribution in [0.4, 0.5) is 23.2 Å². The van der Waals surface area contributed by atoms with Crippen LogP contribution in [0, 0.1) is 5.82 Å². The number of carbonyl (C=O) groups excluding carboxylic acids is 1. The molecule has 0 fully saturated rings. The minimum absolute atomic E-state index is 0.0524. The van der Waals surface area contributed by atoms with Crippen LogP contribution < -0.4 is 4.90 Å². The largest absolute Gasteiger partial charge is 0.416 e. The Morgan fingerprint density at radius 3 is 2.31 bits per heavy atom. The van der Waals surface area contributed by atoms with Crippen LogP contribution in [0.5, 0.6) is 0 Å². The van der Waals surface area contributed by atoms with Gasteiger partial charge in [0.1, 0.15) is 12.4 Å². The highest BCUT2D eigenvalue weighted by molar-refractivity contribution is 6.30. The van der Waals surface area contributed by atoms with Crippen LogP contribution in [0.25, 0.3) is 11.7 Å². The van der Waals surface area contributed by atoms with Gasteiger partial charge in [-0.25, -0.2) is 14.4 Å². The molecule has 0 bridgehead atoms. The van der Waals surface area contributed by atoms with Gasteiger partial charge in [0.25, 0.3) is 5.89 Å². The second-order valence-electron chi connectivity index (χ2n) is 7.16. The first kappa shape index (κ1) is 24.6. The predicted octanol–water partition coefficient (Wildman–Crippen LogP) is 5.77. The lowest BCUT2D eigenvalue weighted by molar-refractivity contribution is -0.138. The standard InChI is InChI=1S/C22H13Cl2F4N5O2/c23-13-2-1-12(17(8-13)22(26,27)28)7-19(34)33(16-5-3-15(25)4-6-16)11-18-31-32-21(35-18)20-29-9-14(24)10-30-20/h1-6,8-10H,7,11H2. The Morgan fingerprint density at radius 2 is 1.66 bits per heavy atom. The molecule has 0 saturated carbocycles. The number of anilines is 1. The maximum Gasteiger partial charge on any atom is 0.416 e. The molecule has 2 heterocycles. The van der Waals surface area contributed by atoms with Crippen molar-refractivity contribution < 1.29 is 26.8 Å². The molecule has 0 aliphatic carbocycles. The summed E-state index contributed by atoms with van der Waals surface area (Å²) >= 11 is 11.5. The van der Waals surface area contributed by atoms with E-state index in [9.17, 15) is 22.4 Å². The highest BCUT2D eigenvalue weighted by Gasteiger charge is 2.34. The van der Waals surface area contributed by atoms with Gasteiger partial charge in [0.05, 0.1) is 17.0 Å². The van der Waals surface area contributed by atoms with Crippen LogP contribution in [0.2, 0.25) is 10.0 Å². The van der Waals surface area contributed by atoms with Crippen LogP contribution in [0.3, 0.4) is 0 Å². The third kappa shape index (κ3) is 5.92. The van der Waals surface area contributed by atoms with Crippen LogP contribution in [0.15, 0.2) is 59.3 Å². The number of aromatic nitrogens is 4. The zero-order valence-corrected chi connectivity index (χ0v) is 18.9. The van der Waals surface area contributed by atoms with Gasteiger partial charge in [-0.3, -0.25) is 4.79 Å². The fourth-order valence-corrected chi connectivity index (χ4v) is 3.41. The van der Waals surface area contributed by atoms with E-state index in [2.05, 4.69) is 20.2 Å². The fraction of sp³-hybridized carbons (Fsp3) is 0.136. The van der Waals surface area contributed by atoms with Crippen molar-refractivity contribution in [3.63, 3.8) is 0 Å². The highest BCUT2D eigenvalue weighted by atomic mass is 35.5. The second-order valence-corrected chi connectivity index (χ2v) is 8.03. The molecule has 180 valence electrons. The summed E-state index contributed by atoms with van der Waals surface area (Å²) in [6.07, 6.45) is -2.69. The molecular formula is C22H13Cl2F4N5O2. The molecule has 7 nitrogen and oxygen atoms in total. The average molecular weight is 526 g/mol. The van der Waals surface area contributed by atoms with Gasteiger partial charge in [0.15, 0.2) is 0 Å². The van der Waals surface area contributed by atoms with E-state index in [-0.39, 0.29) is 40.4 Å². The van der Waals surface area contributed by atoms with Crippen molar-refractivity contribution in [3.05, 3.63) is 87.7 Å². The molecule has 2 aromatic heterocycles. The third-order valence-corrected chi connectivity index (χ3v) is 5.16. The Kier molecular flexibility index (Phi) is 6.99. The van der Waals surface area contributed by atoms with Crippen molar-refractivity contribution >= 4 is 34.8 Å². The molecule has 35 heavy (non-hydrogen) atoms. The first-order chi connectivity index (χ1) is 16.6. The topological polar surface area (TPSA) is 85.0 Å². The minimum Gasteiger partial charge on any atom is -0.416 e. The Bertz CT molecular complexity index is 1350. The van der Waals surface area contributed by atoms with Gasteiger partial charge in [-0.1, -0.05) is 29.3 Å². The van der Waals surface area contributed by atoms with Crippen LogP contribution in [0.1, 0.15) is 17.0 Å². The van der Waals surface area contributed by atoms with E-state index < -0.39 is 29.9 Å². The molecule has 4 aromatic rings. The zero-order valence-electron chi connectivity index (χ0n) is 17.4. The summed E-state index contributed by atoms with van der Waals surface area (Å²) in [7, 11) is 0. The van der Waals surface area contributed by atoms with E-state index in [0.717, 1.165) is 29.2 Å². The van der Waals surface area contributed by atoms with E-state index in [1.165, 1.54) is 30.6 Å². The molecule has 0 N–H and O–H groups in total. The molecule has 13 heteroatoms. The number of hydrogen-bond donors (Lipinski definition) is 0. The van der Waals surface area contributed by atoms with Gasteiger partial charge in [0, 0.05) is 23.1 Å². The van der Waals surface area contributed by atoms with Crippen LogP contribution in [-0.4, -0.2) is 26.1 Å². The molecule has 0 spiro atoms. The monoisotopic (exact) mass is 525 g/mol. The van der Waals surface area contributed by atoms with E-state index in [0.29, 0.717) is 5.02 Å².